The van der Waals surface area contributed by atoms with Gasteiger partial charge in [-0.05, 0) is 44.4 Å². The summed E-state index contributed by atoms with van der Waals surface area (Å²) in [5.41, 5.74) is 6.96. The van der Waals surface area contributed by atoms with Crippen LogP contribution in [0.2, 0.25) is 0 Å². The van der Waals surface area contributed by atoms with Crippen LogP contribution in [-0.2, 0) is 4.79 Å². The Kier molecular flexibility index (Phi) is 6.02. The van der Waals surface area contributed by atoms with Crippen LogP contribution in [0, 0.1) is 6.92 Å². The van der Waals surface area contributed by atoms with Gasteiger partial charge in [0, 0.05) is 0 Å². The van der Waals surface area contributed by atoms with Crippen molar-refractivity contribution in [3.05, 3.63) is 23.8 Å². The van der Waals surface area contributed by atoms with Crippen LogP contribution >= 0.6 is 0 Å². The van der Waals surface area contributed by atoms with Gasteiger partial charge in [0.25, 0.3) is 0 Å². The minimum Gasteiger partial charge on any atom is -0.491 e. The lowest BCUT2D eigenvalue weighted by molar-refractivity contribution is -0.120. The molecule has 0 aliphatic heterocycles. The molecule has 1 amide bonds. The van der Waals surface area contributed by atoms with Crippen molar-refractivity contribution in [2.45, 2.75) is 52.5 Å². The molecule has 4 heteroatoms. The fourth-order valence-electron chi connectivity index (χ4n) is 1.96. The molecule has 0 radical (unpaired) electrons. The maximum atomic E-state index is 12.2. The second-order valence-electron chi connectivity index (χ2n) is 5.47. The van der Waals surface area contributed by atoms with E-state index in [1.807, 2.05) is 39.0 Å². The molecular formula is C16H26N2O2. The van der Waals surface area contributed by atoms with Gasteiger partial charge in [-0.3, -0.25) is 4.79 Å². The van der Waals surface area contributed by atoms with E-state index in [4.69, 9.17) is 10.5 Å². The molecular weight excluding hydrogens is 252 g/mol. The first-order valence-corrected chi connectivity index (χ1v) is 7.24. The minimum absolute atomic E-state index is 0.176. The highest BCUT2D eigenvalue weighted by Crippen LogP contribution is 2.27. The summed E-state index contributed by atoms with van der Waals surface area (Å²) in [6.07, 6.45) is 2.44. The number of anilines is 1. The van der Waals surface area contributed by atoms with E-state index in [1.54, 1.807) is 6.92 Å². The topological polar surface area (TPSA) is 64.3 Å². The minimum atomic E-state index is -0.859. The second-order valence-corrected chi connectivity index (χ2v) is 5.47. The number of carbonyl (C=O) groups is 1. The van der Waals surface area contributed by atoms with E-state index < -0.39 is 5.54 Å². The number of rotatable bonds is 7. The van der Waals surface area contributed by atoms with Crippen molar-refractivity contribution in [3.63, 3.8) is 0 Å². The molecule has 0 saturated heterocycles. The van der Waals surface area contributed by atoms with Crippen LogP contribution in [0.25, 0.3) is 0 Å². The molecule has 0 aliphatic carbocycles. The van der Waals surface area contributed by atoms with Gasteiger partial charge in [-0.1, -0.05) is 26.3 Å². The molecule has 0 aromatic heterocycles. The van der Waals surface area contributed by atoms with Crippen LogP contribution < -0.4 is 15.8 Å². The normalized spacial score (nSPS) is 13.7. The summed E-state index contributed by atoms with van der Waals surface area (Å²) < 4.78 is 5.69. The van der Waals surface area contributed by atoms with Crippen molar-refractivity contribution in [2.75, 3.05) is 11.9 Å². The molecule has 0 saturated carbocycles. The van der Waals surface area contributed by atoms with E-state index in [0.717, 1.165) is 18.4 Å². The Balaban J connectivity index is 2.88. The highest BCUT2D eigenvalue weighted by atomic mass is 16.5. The molecule has 3 N–H and O–H groups in total. The number of aryl methyl sites for hydroxylation is 1. The highest BCUT2D eigenvalue weighted by molar-refractivity contribution is 5.98. The van der Waals surface area contributed by atoms with Gasteiger partial charge >= 0.3 is 0 Å². The lowest BCUT2D eigenvalue weighted by Crippen LogP contribution is -2.48. The van der Waals surface area contributed by atoms with Gasteiger partial charge in [0.2, 0.25) is 5.91 Å². The van der Waals surface area contributed by atoms with Crippen molar-refractivity contribution < 1.29 is 9.53 Å². The largest absolute Gasteiger partial charge is 0.491 e. The summed E-state index contributed by atoms with van der Waals surface area (Å²) in [4.78, 5) is 12.2. The van der Waals surface area contributed by atoms with Crippen molar-refractivity contribution in [3.8, 4) is 5.75 Å². The maximum absolute atomic E-state index is 12.2. The Morgan fingerprint density at radius 3 is 2.65 bits per heavy atom. The van der Waals surface area contributed by atoms with Crippen LogP contribution in [0.3, 0.4) is 0 Å². The zero-order valence-electron chi connectivity index (χ0n) is 13.0. The van der Waals surface area contributed by atoms with Crippen LogP contribution in [0.4, 0.5) is 5.69 Å². The number of nitrogens with one attached hydrogen (secondary N) is 1. The van der Waals surface area contributed by atoms with Crippen LogP contribution in [0.5, 0.6) is 5.75 Å². The molecule has 112 valence electrons. The lowest BCUT2D eigenvalue weighted by Gasteiger charge is -2.23. The number of nitrogens with two attached hydrogens (primary N) is 1. The fourth-order valence-corrected chi connectivity index (χ4v) is 1.96. The van der Waals surface area contributed by atoms with Gasteiger partial charge in [-0.15, -0.1) is 0 Å². The number of benzene rings is 1. The van der Waals surface area contributed by atoms with Gasteiger partial charge in [-0.25, -0.2) is 0 Å². The molecule has 4 nitrogen and oxygen atoms in total. The van der Waals surface area contributed by atoms with Crippen LogP contribution in [0.15, 0.2) is 18.2 Å². The zero-order chi connectivity index (χ0) is 15.2. The van der Waals surface area contributed by atoms with Crippen molar-refractivity contribution >= 4 is 11.6 Å². The average Bonchev–Trinajstić information content (AvgIpc) is 2.38. The molecule has 20 heavy (non-hydrogen) atoms. The summed E-state index contributed by atoms with van der Waals surface area (Å²) in [6.45, 7) is 8.44. The van der Waals surface area contributed by atoms with E-state index in [-0.39, 0.29) is 5.91 Å². The van der Waals surface area contributed by atoms with Crippen molar-refractivity contribution in [1.82, 2.24) is 0 Å². The average molecular weight is 278 g/mol. The van der Waals surface area contributed by atoms with E-state index >= 15 is 0 Å². The predicted octanol–water partition coefficient (Wildman–Crippen LogP) is 3.24. The fraction of sp³-hybridized carbons (Fsp3) is 0.562. The van der Waals surface area contributed by atoms with E-state index in [2.05, 4.69) is 5.32 Å². The summed E-state index contributed by atoms with van der Waals surface area (Å²) in [7, 11) is 0. The highest BCUT2D eigenvalue weighted by Gasteiger charge is 2.27. The molecule has 0 aliphatic rings. The molecule has 1 unspecified atom stereocenters. The zero-order valence-corrected chi connectivity index (χ0v) is 13.0. The molecule has 0 fully saturated rings. The molecule has 1 aromatic rings. The maximum Gasteiger partial charge on any atom is 0.244 e. The molecule has 1 rings (SSSR count). The Morgan fingerprint density at radius 2 is 2.05 bits per heavy atom. The Hall–Kier alpha value is -1.55. The number of amides is 1. The molecule has 0 bridgehead atoms. The van der Waals surface area contributed by atoms with Crippen molar-refractivity contribution in [2.24, 2.45) is 5.73 Å². The number of hydrogen-bond donors (Lipinski definition) is 2. The lowest BCUT2D eigenvalue weighted by atomic mass is 9.96. The third-order valence-electron chi connectivity index (χ3n) is 3.14. The summed E-state index contributed by atoms with van der Waals surface area (Å²) in [5, 5.41) is 2.88. The Morgan fingerprint density at radius 1 is 1.35 bits per heavy atom. The molecule has 0 heterocycles. The van der Waals surface area contributed by atoms with Gasteiger partial charge in [0.1, 0.15) is 5.75 Å². The van der Waals surface area contributed by atoms with Crippen LogP contribution in [0.1, 0.15) is 45.6 Å². The SMILES string of the molecule is CCCOc1cc(C)ccc1NC(=O)C(C)(N)CCC. The van der Waals surface area contributed by atoms with E-state index in [9.17, 15) is 4.79 Å². The van der Waals surface area contributed by atoms with Gasteiger partial charge < -0.3 is 15.8 Å². The number of hydrogen-bond acceptors (Lipinski definition) is 3. The van der Waals surface area contributed by atoms with E-state index in [0.29, 0.717) is 24.5 Å². The van der Waals surface area contributed by atoms with Crippen LogP contribution in [-0.4, -0.2) is 18.1 Å². The quantitative estimate of drug-likeness (QED) is 0.804. The second kappa shape index (κ2) is 7.29. The standard InChI is InChI=1S/C16H26N2O2/c1-5-9-16(4,17)15(19)18-13-8-7-12(3)11-14(13)20-10-6-2/h7-8,11H,5-6,9-10,17H2,1-4H3,(H,18,19). The Labute approximate surface area is 121 Å². The third kappa shape index (κ3) is 4.53. The number of carbonyl (C=O) groups excluding carboxylic acids is 1. The molecule has 0 spiro atoms. The molecule has 1 atom stereocenters. The Bertz CT molecular complexity index is 456. The predicted molar refractivity (Wildman–Crippen MR) is 83.1 cm³/mol. The van der Waals surface area contributed by atoms with Gasteiger partial charge in [0.05, 0.1) is 17.8 Å². The van der Waals surface area contributed by atoms with Crippen molar-refractivity contribution in [1.29, 1.82) is 0 Å². The number of ether oxygens (including phenoxy) is 1. The molecule has 1 aromatic carbocycles. The van der Waals surface area contributed by atoms with Gasteiger partial charge in [-0.2, -0.15) is 0 Å². The first kappa shape index (κ1) is 16.5. The smallest absolute Gasteiger partial charge is 0.244 e. The first-order valence-electron chi connectivity index (χ1n) is 7.24. The summed E-state index contributed by atoms with van der Waals surface area (Å²) in [6, 6.07) is 5.74. The van der Waals surface area contributed by atoms with E-state index in [1.165, 1.54) is 0 Å². The summed E-state index contributed by atoms with van der Waals surface area (Å²) in [5.74, 6) is 0.525. The monoisotopic (exact) mass is 278 g/mol. The van der Waals surface area contributed by atoms with Gasteiger partial charge in [0.15, 0.2) is 0 Å². The first-order chi connectivity index (χ1) is 9.40. The third-order valence-corrected chi connectivity index (χ3v) is 3.14. The summed E-state index contributed by atoms with van der Waals surface area (Å²) >= 11 is 0.